The summed E-state index contributed by atoms with van der Waals surface area (Å²) >= 11 is 0. The second-order valence-corrected chi connectivity index (χ2v) is 6.10. The lowest BCUT2D eigenvalue weighted by Crippen LogP contribution is -2.36. The first-order chi connectivity index (χ1) is 6.21. The molecular weight excluding hydrogens is 202 g/mol. The molecular formula is C9H21NO3S. The maximum Gasteiger partial charge on any atom is 0.264 e. The van der Waals surface area contributed by atoms with Crippen molar-refractivity contribution in [1.29, 1.82) is 0 Å². The lowest BCUT2D eigenvalue weighted by Gasteiger charge is -2.20. The number of rotatable bonds is 6. The van der Waals surface area contributed by atoms with Gasteiger partial charge in [-0.3, -0.25) is 4.55 Å². The van der Waals surface area contributed by atoms with Crippen molar-refractivity contribution in [2.24, 2.45) is 0 Å². The van der Waals surface area contributed by atoms with E-state index in [4.69, 9.17) is 4.55 Å². The van der Waals surface area contributed by atoms with Gasteiger partial charge in [-0.15, -0.1) is 0 Å². The van der Waals surface area contributed by atoms with E-state index in [-0.39, 0.29) is 11.3 Å². The second-order valence-electron chi connectivity index (χ2n) is 4.52. The molecule has 0 atom stereocenters. The van der Waals surface area contributed by atoms with Crippen LogP contribution in [0, 0.1) is 0 Å². The van der Waals surface area contributed by atoms with Crippen molar-refractivity contribution in [2.45, 2.75) is 45.6 Å². The van der Waals surface area contributed by atoms with Crippen LogP contribution in [0.2, 0.25) is 0 Å². The molecule has 0 aromatic heterocycles. The van der Waals surface area contributed by atoms with Crippen molar-refractivity contribution in [2.75, 3.05) is 12.3 Å². The molecule has 0 spiro atoms. The molecule has 0 aliphatic heterocycles. The van der Waals surface area contributed by atoms with E-state index in [1.54, 1.807) is 0 Å². The molecule has 0 aromatic rings. The molecule has 14 heavy (non-hydrogen) atoms. The van der Waals surface area contributed by atoms with E-state index >= 15 is 0 Å². The summed E-state index contributed by atoms with van der Waals surface area (Å²) in [5.41, 5.74) is 0.114. The average Bonchev–Trinajstić information content (AvgIpc) is 1.92. The highest BCUT2D eigenvalue weighted by atomic mass is 32.2. The van der Waals surface area contributed by atoms with Gasteiger partial charge in [-0.2, -0.15) is 8.42 Å². The monoisotopic (exact) mass is 223 g/mol. The van der Waals surface area contributed by atoms with Crippen molar-refractivity contribution in [1.82, 2.24) is 5.32 Å². The summed E-state index contributed by atoms with van der Waals surface area (Å²) < 4.78 is 29.2. The van der Waals surface area contributed by atoms with Gasteiger partial charge >= 0.3 is 0 Å². The van der Waals surface area contributed by atoms with E-state index in [1.165, 1.54) is 0 Å². The first-order valence-corrected chi connectivity index (χ1v) is 6.52. The Morgan fingerprint density at radius 2 is 1.71 bits per heavy atom. The van der Waals surface area contributed by atoms with E-state index in [1.807, 2.05) is 0 Å². The number of nitrogens with one attached hydrogen (secondary N) is 1. The highest BCUT2D eigenvalue weighted by Gasteiger charge is 2.07. The zero-order chi connectivity index (χ0) is 11.2. The van der Waals surface area contributed by atoms with Crippen LogP contribution in [0.15, 0.2) is 0 Å². The van der Waals surface area contributed by atoms with Crippen LogP contribution in [0.4, 0.5) is 0 Å². The quantitative estimate of drug-likeness (QED) is 0.528. The molecule has 0 rings (SSSR count). The van der Waals surface area contributed by atoms with Crippen molar-refractivity contribution in [3.63, 3.8) is 0 Å². The van der Waals surface area contributed by atoms with E-state index in [0.717, 1.165) is 19.4 Å². The molecule has 0 saturated heterocycles. The fraction of sp³-hybridized carbons (Fsp3) is 1.00. The van der Waals surface area contributed by atoms with Gasteiger partial charge in [0.05, 0.1) is 5.75 Å². The predicted octanol–water partition coefficient (Wildman–Crippen LogP) is 1.43. The normalized spacial score (nSPS) is 13.1. The summed E-state index contributed by atoms with van der Waals surface area (Å²) in [5.74, 6) is -0.123. The summed E-state index contributed by atoms with van der Waals surface area (Å²) in [5, 5.41) is 3.31. The van der Waals surface area contributed by atoms with Gasteiger partial charge in [-0.25, -0.2) is 0 Å². The molecule has 0 aliphatic carbocycles. The summed E-state index contributed by atoms with van der Waals surface area (Å²) in [6.45, 7) is 7.15. The molecule has 86 valence electrons. The van der Waals surface area contributed by atoms with Crippen LogP contribution in [0.1, 0.15) is 40.0 Å². The molecule has 0 heterocycles. The van der Waals surface area contributed by atoms with E-state index in [0.29, 0.717) is 6.42 Å². The predicted molar refractivity (Wildman–Crippen MR) is 58.0 cm³/mol. The molecule has 0 bridgehead atoms. The summed E-state index contributed by atoms with van der Waals surface area (Å²) in [7, 11) is -3.76. The fourth-order valence-electron chi connectivity index (χ4n) is 1.05. The minimum absolute atomic E-state index is 0.114. The Morgan fingerprint density at radius 3 is 2.14 bits per heavy atom. The van der Waals surface area contributed by atoms with E-state index in [9.17, 15) is 8.42 Å². The lowest BCUT2D eigenvalue weighted by molar-refractivity contribution is 0.417. The van der Waals surface area contributed by atoms with Crippen LogP contribution < -0.4 is 5.32 Å². The number of unbranched alkanes of at least 4 members (excludes halogenated alkanes) is 2. The first-order valence-electron chi connectivity index (χ1n) is 4.91. The van der Waals surface area contributed by atoms with Gasteiger partial charge in [0.15, 0.2) is 0 Å². The largest absolute Gasteiger partial charge is 0.312 e. The maximum absolute atomic E-state index is 10.4. The van der Waals surface area contributed by atoms with Crippen LogP contribution >= 0.6 is 0 Å². The average molecular weight is 223 g/mol. The summed E-state index contributed by atoms with van der Waals surface area (Å²) in [6.07, 6.45) is 2.29. The zero-order valence-corrected chi connectivity index (χ0v) is 10.0. The van der Waals surface area contributed by atoms with Crippen LogP contribution in [0.3, 0.4) is 0 Å². The van der Waals surface area contributed by atoms with E-state index in [2.05, 4.69) is 26.1 Å². The minimum Gasteiger partial charge on any atom is -0.312 e. The summed E-state index contributed by atoms with van der Waals surface area (Å²) in [4.78, 5) is 0. The molecule has 0 saturated carbocycles. The Balaban J connectivity index is 3.32. The van der Waals surface area contributed by atoms with Gasteiger partial charge in [-0.05, 0) is 40.2 Å². The minimum atomic E-state index is -3.76. The third kappa shape index (κ3) is 11.9. The molecule has 0 radical (unpaired) electrons. The molecule has 0 fully saturated rings. The molecule has 4 nitrogen and oxygen atoms in total. The van der Waals surface area contributed by atoms with Gasteiger partial charge < -0.3 is 5.32 Å². The van der Waals surface area contributed by atoms with Crippen molar-refractivity contribution in [3.05, 3.63) is 0 Å². The second kappa shape index (κ2) is 5.68. The van der Waals surface area contributed by atoms with Gasteiger partial charge in [0.2, 0.25) is 0 Å². The first kappa shape index (κ1) is 13.9. The molecule has 0 aromatic carbocycles. The number of hydrogen-bond acceptors (Lipinski definition) is 3. The number of hydrogen-bond donors (Lipinski definition) is 2. The molecule has 0 aliphatic rings. The Kier molecular flexibility index (Phi) is 5.63. The van der Waals surface area contributed by atoms with Crippen molar-refractivity contribution >= 4 is 10.1 Å². The SMILES string of the molecule is CC(C)(C)NCCCCCS(=O)(=O)O. The standard InChI is InChI=1S/C9H21NO3S/c1-9(2,3)10-7-5-4-6-8-14(11,12)13/h10H,4-8H2,1-3H3,(H,11,12,13). The third-order valence-corrected chi connectivity index (χ3v) is 2.54. The lowest BCUT2D eigenvalue weighted by atomic mass is 10.1. The summed E-state index contributed by atoms with van der Waals surface area (Å²) in [6, 6.07) is 0. The topological polar surface area (TPSA) is 66.4 Å². The van der Waals surface area contributed by atoms with Crippen LogP contribution in [-0.4, -0.2) is 30.8 Å². The van der Waals surface area contributed by atoms with E-state index < -0.39 is 10.1 Å². The highest BCUT2D eigenvalue weighted by Crippen LogP contribution is 2.01. The van der Waals surface area contributed by atoms with Gasteiger partial charge in [0.1, 0.15) is 0 Å². The van der Waals surface area contributed by atoms with Crippen LogP contribution in [0.5, 0.6) is 0 Å². The highest BCUT2D eigenvalue weighted by molar-refractivity contribution is 7.85. The Labute approximate surface area is 86.8 Å². The van der Waals surface area contributed by atoms with Gasteiger partial charge in [0.25, 0.3) is 10.1 Å². The molecule has 0 amide bonds. The molecule has 2 N–H and O–H groups in total. The van der Waals surface area contributed by atoms with Gasteiger partial charge in [-0.1, -0.05) is 6.42 Å². The Bertz CT molecular complexity index is 241. The maximum atomic E-state index is 10.4. The Morgan fingerprint density at radius 1 is 1.14 bits per heavy atom. The van der Waals surface area contributed by atoms with Crippen LogP contribution in [0.25, 0.3) is 0 Å². The molecule has 5 heteroatoms. The molecule has 0 unspecified atom stereocenters. The zero-order valence-electron chi connectivity index (χ0n) is 9.21. The third-order valence-electron chi connectivity index (χ3n) is 1.73. The smallest absolute Gasteiger partial charge is 0.264 e. The Hall–Kier alpha value is -0.130. The fourth-order valence-corrected chi connectivity index (χ4v) is 1.62. The van der Waals surface area contributed by atoms with Gasteiger partial charge in [0, 0.05) is 5.54 Å². The van der Waals surface area contributed by atoms with Crippen LogP contribution in [-0.2, 0) is 10.1 Å². The van der Waals surface area contributed by atoms with Crippen molar-refractivity contribution in [3.8, 4) is 0 Å². The van der Waals surface area contributed by atoms with Crippen molar-refractivity contribution < 1.29 is 13.0 Å².